The number of aliphatic hydroxyl groups is 1. The van der Waals surface area contributed by atoms with Gasteiger partial charge in [0.25, 0.3) is 6.01 Å². The predicted octanol–water partition coefficient (Wildman–Crippen LogP) is 2.06. The van der Waals surface area contributed by atoms with Gasteiger partial charge in [-0.2, -0.15) is 9.97 Å². The topological polar surface area (TPSA) is 98.7 Å². The van der Waals surface area contributed by atoms with Gasteiger partial charge in [0.05, 0.1) is 18.7 Å². The number of aromatic nitrogens is 3. The Kier molecular flexibility index (Phi) is 4.35. The Bertz CT molecular complexity index is 1080. The molecule has 4 atom stereocenters. The highest BCUT2D eigenvalue weighted by Crippen LogP contribution is 2.33. The first-order valence-electron chi connectivity index (χ1n) is 10.0. The number of aromatic amines is 1. The number of benzene rings is 1. The van der Waals surface area contributed by atoms with Crippen LogP contribution in [0.2, 0.25) is 5.02 Å². The van der Waals surface area contributed by atoms with E-state index in [1.165, 1.54) is 11.1 Å². The number of imidazole rings is 1. The molecule has 0 amide bonds. The van der Waals surface area contributed by atoms with E-state index in [0.29, 0.717) is 34.7 Å². The monoisotopic (exact) mass is 429 g/mol. The Hall–Kier alpha value is -2.39. The third-order valence-electron chi connectivity index (χ3n) is 5.91. The van der Waals surface area contributed by atoms with E-state index in [1.807, 2.05) is 12.1 Å². The zero-order valence-corrected chi connectivity index (χ0v) is 16.7. The fourth-order valence-electron chi connectivity index (χ4n) is 4.47. The Morgan fingerprint density at radius 1 is 1.03 bits per heavy atom. The Morgan fingerprint density at radius 2 is 1.80 bits per heavy atom. The van der Waals surface area contributed by atoms with Crippen molar-refractivity contribution in [2.75, 3.05) is 13.2 Å². The largest absolute Gasteiger partial charge is 0.473 e. The lowest BCUT2D eigenvalue weighted by Crippen LogP contribution is -2.34. The van der Waals surface area contributed by atoms with E-state index in [0.717, 1.165) is 12.8 Å². The van der Waals surface area contributed by atoms with Crippen LogP contribution in [0.5, 0.6) is 11.9 Å². The van der Waals surface area contributed by atoms with Gasteiger partial charge >= 0.3 is 0 Å². The lowest BCUT2D eigenvalue weighted by atomic mass is 10.1. The maximum absolute atomic E-state index is 9.87. The predicted molar refractivity (Wildman–Crippen MR) is 107 cm³/mol. The van der Waals surface area contributed by atoms with Crippen LogP contribution in [-0.2, 0) is 22.3 Å². The van der Waals surface area contributed by atoms with Crippen LogP contribution in [0.3, 0.4) is 0 Å². The number of ether oxygens (including phenoxy) is 4. The number of fused-ring (bicyclic) bond motifs is 3. The number of nitrogens with one attached hydrogen (secondary N) is 1. The maximum atomic E-state index is 9.87. The lowest BCUT2D eigenvalue weighted by molar-refractivity contribution is 0.00706. The third kappa shape index (κ3) is 3.11. The summed E-state index contributed by atoms with van der Waals surface area (Å²) < 4.78 is 23.2. The van der Waals surface area contributed by atoms with Crippen LogP contribution in [0.15, 0.2) is 30.3 Å². The second-order valence-electron chi connectivity index (χ2n) is 7.92. The van der Waals surface area contributed by atoms with E-state index < -0.39 is 6.10 Å². The van der Waals surface area contributed by atoms with Crippen molar-refractivity contribution in [3.8, 4) is 11.9 Å². The SMILES string of the molecule is O[C@@H]1CO[C@H]2C1OC[C@H]2Oc1nc2nc(OC3Cc4ccccc4C3)c(Cl)cc2[nH]1. The van der Waals surface area contributed by atoms with Gasteiger partial charge in [-0.25, -0.2) is 0 Å². The normalized spacial score (nSPS) is 28.1. The average molecular weight is 430 g/mol. The quantitative estimate of drug-likeness (QED) is 0.655. The second kappa shape index (κ2) is 7.09. The van der Waals surface area contributed by atoms with Gasteiger partial charge in [0.15, 0.2) is 11.8 Å². The average Bonchev–Trinajstić information content (AvgIpc) is 3.48. The minimum absolute atomic E-state index is 0.00183. The summed E-state index contributed by atoms with van der Waals surface area (Å²) in [5.41, 5.74) is 3.71. The first kappa shape index (κ1) is 18.4. The van der Waals surface area contributed by atoms with Gasteiger partial charge in [0.1, 0.15) is 29.4 Å². The lowest BCUT2D eigenvalue weighted by Gasteiger charge is -2.15. The second-order valence-corrected chi connectivity index (χ2v) is 8.33. The van der Waals surface area contributed by atoms with Crippen molar-refractivity contribution in [1.29, 1.82) is 0 Å². The van der Waals surface area contributed by atoms with Gasteiger partial charge in [-0.15, -0.1) is 0 Å². The number of aliphatic hydroxyl groups excluding tert-OH is 1. The molecule has 0 bridgehead atoms. The number of nitrogens with zero attached hydrogens (tertiary/aromatic N) is 2. The molecule has 156 valence electrons. The summed E-state index contributed by atoms with van der Waals surface area (Å²) in [7, 11) is 0. The summed E-state index contributed by atoms with van der Waals surface area (Å²) >= 11 is 6.42. The highest BCUT2D eigenvalue weighted by molar-refractivity contribution is 6.32. The van der Waals surface area contributed by atoms with Crippen LogP contribution in [0, 0.1) is 0 Å². The zero-order valence-electron chi connectivity index (χ0n) is 16.0. The molecule has 0 saturated carbocycles. The molecule has 3 aliphatic rings. The molecule has 4 heterocycles. The minimum Gasteiger partial charge on any atom is -0.473 e. The summed E-state index contributed by atoms with van der Waals surface area (Å²) in [6, 6.07) is 10.4. The number of hydrogen-bond acceptors (Lipinski definition) is 7. The summed E-state index contributed by atoms with van der Waals surface area (Å²) in [4.78, 5) is 12.0. The highest BCUT2D eigenvalue weighted by Gasteiger charge is 2.48. The van der Waals surface area contributed by atoms with Crippen molar-refractivity contribution in [3.63, 3.8) is 0 Å². The van der Waals surface area contributed by atoms with Crippen molar-refractivity contribution in [2.45, 2.75) is 43.4 Å². The minimum atomic E-state index is -0.624. The Labute approximate surface area is 177 Å². The molecule has 1 aliphatic carbocycles. The molecule has 0 radical (unpaired) electrons. The molecule has 2 saturated heterocycles. The van der Waals surface area contributed by atoms with E-state index in [1.54, 1.807) is 6.07 Å². The van der Waals surface area contributed by atoms with Crippen molar-refractivity contribution >= 4 is 22.8 Å². The molecule has 0 spiro atoms. The van der Waals surface area contributed by atoms with Crippen molar-refractivity contribution < 1.29 is 24.1 Å². The molecule has 2 N–H and O–H groups in total. The van der Waals surface area contributed by atoms with E-state index in [-0.39, 0.29) is 31.0 Å². The van der Waals surface area contributed by atoms with Crippen LogP contribution < -0.4 is 9.47 Å². The van der Waals surface area contributed by atoms with Gasteiger partial charge in [0, 0.05) is 12.8 Å². The Morgan fingerprint density at radius 3 is 2.60 bits per heavy atom. The van der Waals surface area contributed by atoms with Crippen LogP contribution >= 0.6 is 11.6 Å². The zero-order chi connectivity index (χ0) is 20.2. The molecular formula is C21H20ClN3O5. The van der Waals surface area contributed by atoms with Gasteiger partial charge in [-0.1, -0.05) is 35.9 Å². The number of hydrogen-bond donors (Lipinski definition) is 2. The summed E-state index contributed by atoms with van der Waals surface area (Å²) in [6.07, 6.45) is 0.0132. The third-order valence-corrected chi connectivity index (χ3v) is 6.18. The van der Waals surface area contributed by atoms with Gasteiger partial charge in [-0.05, 0) is 17.2 Å². The van der Waals surface area contributed by atoms with Gasteiger partial charge in [-0.3, -0.25) is 0 Å². The Balaban J connectivity index is 1.19. The smallest absolute Gasteiger partial charge is 0.296 e. The first-order valence-corrected chi connectivity index (χ1v) is 10.4. The fourth-order valence-corrected chi connectivity index (χ4v) is 4.66. The van der Waals surface area contributed by atoms with Crippen LogP contribution in [0.4, 0.5) is 0 Å². The summed E-state index contributed by atoms with van der Waals surface area (Å²) in [5, 5.41) is 10.3. The van der Waals surface area contributed by atoms with Crippen molar-refractivity contribution in [2.24, 2.45) is 0 Å². The van der Waals surface area contributed by atoms with Crippen molar-refractivity contribution in [1.82, 2.24) is 15.0 Å². The molecule has 30 heavy (non-hydrogen) atoms. The van der Waals surface area contributed by atoms with Crippen LogP contribution in [0.1, 0.15) is 11.1 Å². The molecule has 3 aromatic rings. The number of H-pyrrole nitrogens is 1. The number of pyridine rings is 1. The molecule has 2 aromatic heterocycles. The van der Waals surface area contributed by atoms with Gasteiger partial charge in [0.2, 0.25) is 5.88 Å². The molecular weight excluding hydrogens is 410 g/mol. The van der Waals surface area contributed by atoms with Crippen molar-refractivity contribution in [3.05, 3.63) is 46.5 Å². The van der Waals surface area contributed by atoms with E-state index in [9.17, 15) is 5.11 Å². The molecule has 2 aliphatic heterocycles. The molecule has 1 unspecified atom stereocenters. The molecule has 2 fully saturated rings. The fraction of sp³-hybridized carbons (Fsp3) is 0.429. The number of rotatable bonds is 4. The summed E-state index contributed by atoms with van der Waals surface area (Å²) in [5.74, 6) is 0.367. The van der Waals surface area contributed by atoms with E-state index in [4.69, 9.17) is 30.5 Å². The summed E-state index contributed by atoms with van der Waals surface area (Å²) in [6.45, 7) is 0.576. The van der Waals surface area contributed by atoms with Crippen LogP contribution in [-0.4, -0.2) is 63.8 Å². The van der Waals surface area contributed by atoms with Crippen LogP contribution in [0.25, 0.3) is 11.2 Å². The molecule has 6 rings (SSSR count). The standard InChI is InChI=1S/C21H20ClN3O5/c22-13-7-14-19(24-20(13)29-12-5-10-3-1-2-4-11(10)6-12)25-21(23-14)30-16-9-28-17-15(26)8-27-18(16)17/h1-4,7,12,15-18,26H,5-6,8-9H2,(H,23,24,25)/t15-,16-,17?,18-/m1/s1. The van der Waals surface area contributed by atoms with Gasteiger partial charge < -0.3 is 29.0 Å². The maximum Gasteiger partial charge on any atom is 0.296 e. The molecule has 8 nitrogen and oxygen atoms in total. The highest BCUT2D eigenvalue weighted by atomic mass is 35.5. The molecule has 9 heteroatoms. The van der Waals surface area contributed by atoms with E-state index >= 15 is 0 Å². The first-order chi connectivity index (χ1) is 14.6. The number of halogens is 1. The van der Waals surface area contributed by atoms with E-state index in [2.05, 4.69) is 27.1 Å². The molecule has 1 aromatic carbocycles.